The first-order chi connectivity index (χ1) is 10.2. The molecule has 2 aromatic rings. The van der Waals surface area contributed by atoms with E-state index in [1.54, 1.807) is 0 Å². The highest BCUT2D eigenvalue weighted by Crippen LogP contribution is 2.16. The zero-order valence-electron chi connectivity index (χ0n) is 12.0. The molecule has 110 valence electrons. The molecule has 0 fully saturated rings. The van der Waals surface area contributed by atoms with Gasteiger partial charge in [-0.3, -0.25) is 0 Å². The average molecular weight is 319 g/mol. The van der Waals surface area contributed by atoms with Gasteiger partial charge in [0.15, 0.2) is 5.11 Å². The molecule has 21 heavy (non-hydrogen) atoms. The Morgan fingerprint density at radius 1 is 1.05 bits per heavy atom. The third kappa shape index (κ3) is 5.37. The zero-order valence-corrected chi connectivity index (χ0v) is 13.6. The van der Waals surface area contributed by atoms with Crippen LogP contribution in [0.5, 0.6) is 0 Å². The van der Waals surface area contributed by atoms with Crippen molar-refractivity contribution in [2.75, 3.05) is 10.6 Å². The lowest BCUT2D eigenvalue weighted by Crippen LogP contribution is -2.18. The molecule has 0 saturated carbocycles. The molecule has 2 aromatic carbocycles. The van der Waals surface area contributed by atoms with Crippen molar-refractivity contribution in [1.82, 2.24) is 0 Å². The number of benzene rings is 2. The van der Waals surface area contributed by atoms with Crippen molar-refractivity contribution < 1.29 is 0 Å². The summed E-state index contributed by atoms with van der Waals surface area (Å²) in [7, 11) is 0. The minimum Gasteiger partial charge on any atom is -0.332 e. The molecule has 0 bridgehead atoms. The molecule has 0 unspecified atom stereocenters. The van der Waals surface area contributed by atoms with Gasteiger partial charge < -0.3 is 10.6 Å². The van der Waals surface area contributed by atoms with E-state index < -0.39 is 0 Å². The molecule has 0 atom stereocenters. The lowest BCUT2D eigenvalue weighted by molar-refractivity contribution is 0.795. The fourth-order valence-electron chi connectivity index (χ4n) is 2.00. The lowest BCUT2D eigenvalue weighted by atomic mass is 10.1. The third-order valence-electron chi connectivity index (χ3n) is 3.11. The van der Waals surface area contributed by atoms with Crippen molar-refractivity contribution in [3.63, 3.8) is 0 Å². The summed E-state index contributed by atoms with van der Waals surface area (Å²) in [4.78, 5) is 0. The quantitative estimate of drug-likeness (QED) is 0.713. The van der Waals surface area contributed by atoms with E-state index in [1.807, 2.05) is 24.3 Å². The molecule has 2 N–H and O–H groups in total. The normalized spacial score (nSPS) is 10.2. The number of halogens is 1. The monoisotopic (exact) mass is 318 g/mol. The maximum atomic E-state index is 5.94. The first-order valence-corrected chi connectivity index (χ1v) is 7.88. The van der Waals surface area contributed by atoms with Gasteiger partial charge in [0.1, 0.15) is 0 Å². The van der Waals surface area contributed by atoms with Crippen LogP contribution in [0.15, 0.2) is 48.5 Å². The average Bonchev–Trinajstić information content (AvgIpc) is 2.46. The van der Waals surface area contributed by atoms with Crippen molar-refractivity contribution in [1.29, 1.82) is 0 Å². The molecule has 0 heterocycles. The smallest absolute Gasteiger partial charge is 0.175 e. The number of hydrogen-bond donors (Lipinski definition) is 2. The molecule has 2 rings (SSSR count). The first kappa shape index (κ1) is 15.8. The summed E-state index contributed by atoms with van der Waals surface area (Å²) in [6.07, 6.45) is 3.57. The molecule has 0 aromatic heterocycles. The largest absolute Gasteiger partial charge is 0.332 e. The Hall–Kier alpha value is -1.58. The van der Waals surface area contributed by atoms with Gasteiger partial charge in [0.25, 0.3) is 0 Å². The van der Waals surface area contributed by atoms with Gasteiger partial charge in [-0.2, -0.15) is 0 Å². The van der Waals surface area contributed by atoms with Crippen LogP contribution < -0.4 is 10.6 Å². The van der Waals surface area contributed by atoms with Gasteiger partial charge in [-0.15, -0.1) is 0 Å². The van der Waals surface area contributed by atoms with E-state index >= 15 is 0 Å². The van der Waals surface area contributed by atoms with E-state index in [-0.39, 0.29) is 0 Å². The minimum atomic E-state index is 0.554. The fraction of sp³-hybridized carbons (Fsp3) is 0.235. The second-order valence-corrected chi connectivity index (χ2v) is 5.73. The highest BCUT2D eigenvalue weighted by atomic mass is 35.5. The molecule has 0 aliphatic rings. The van der Waals surface area contributed by atoms with Gasteiger partial charge in [0, 0.05) is 16.4 Å². The van der Waals surface area contributed by atoms with Gasteiger partial charge >= 0.3 is 0 Å². The molecule has 0 aliphatic carbocycles. The molecule has 0 radical (unpaired) electrons. The van der Waals surface area contributed by atoms with Crippen molar-refractivity contribution in [3.8, 4) is 0 Å². The molecule has 0 saturated heterocycles. The Morgan fingerprint density at radius 2 is 1.76 bits per heavy atom. The number of aryl methyl sites for hydroxylation is 1. The maximum Gasteiger partial charge on any atom is 0.175 e. The SMILES string of the molecule is CCCCc1ccc(NC(=S)Nc2cccc(Cl)c2)cc1. The first-order valence-electron chi connectivity index (χ1n) is 7.10. The predicted octanol–water partition coefficient (Wildman–Crippen LogP) is 5.49. The van der Waals surface area contributed by atoms with E-state index in [0.29, 0.717) is 10.1 Å². The Labute approximate surface area is 136 Å². The standard InChI is InChI=1S/C17H19ClN2S/c1-2-3-5-13-8-10-15(11-9-13)19-17(21)20-16-7-4-6-14(18)12-16/h4,6-12H,2-3,5H2,1H3,(H2,19,20,21). The van der Waals surface area contributed by atoms with E-state index in [0.717, 1.165) is 17.8 Å². The van der Waals surface area contributed by atoms with Gasteiger partial charge in [0.05, 0.1) is 0 Å². The predicted molar refractivity (Wildman–Crippen MR) is 96.3 cm³/mol. The second-order valence-electron chi connectivity index (χ2n) is 4.89. The maximum absolute atomic E-state index is 5.94. The van der Waals surface area contributed by atoms with Crippen LogP contribution >= 0.6 is 23.8 Å². The summed E-state index contributed by atoms with van der Waals surface area (Å²) in [5, 5.41) is 7.52. The Bertz CT molecular complexity index is 596. The number of nitrogens with one attached hydrogen (secondary N) is 2. The van der Waals surface area contributed by atoms with E-state index in [2.05, 4.69) is 41.8 Å². The number of anilines is 2. The summed E-state index contributed by atoms with van der Waals surface area (Å²) >= 11 is 11.2. The summed E-state index contributed by atoms with van der Waals surface area (Å²) in [5.74, 6) is 0. The van der Waals surface area contributed by atoms with Crippen molar-refractivity contribution in [2.45, 2.75) is 26.2 Å². The molecular formula is C17H19ClN2S. The van der Waals surface area contributed by atoms with Crippen LogP contribution in [-0.2, 0) is 6.42 Å². The van der Waals surface area contributed by atoms with Gasteiger partial charge in [-0.1, -0.05) is 43.1 Å². The second kappa shape index (κ2) is 8.01. The number of unbranched alkanes of at least 4 members (excludes halogenated alkanes) is 1. The van der Waals surface area contributed by atoms with Crippen LogP contribution in [0.4, 0.5) is 11.4 Å². The van der Waals surface area contributed by atoms with Crippen molar-refractivity contribution >= 4 is 40.3 Å². The molecule has 2 nitrogen and oxygen atoms in total. The van der Waals surface area contributed by atoms with E-state index in [9.17, 15) is 0 Å². The highest BCUT2D eigenvalue weighted by Gasteiger charge is 2.00. The molecule has 0 spiro atoms. The number of rotatable bonds is 5. The summed E-state index contributed by atoms with van der Waals surface area (Å²) in [6.45, 7) is 2.20. The Morgan fingerprint density at radius 3 is 2.43 bits per heavy atom. The molecular weight excluding hydrogens is 300 g/mol. The van der Waals surface area contributed by atoms with Crippen LogP contribution in [0, 0.1) is 0 Å². The molecule has 4 heteroatoms. The van der Waals surface area contributed by atoms with Gasteiger partial charge in [-0.25, -0.2) is 0 Å². The van der Waals surface area contributed by atoms with E-state index in [1.165, 1.54) is 18.4 Å². The van der Waals surface area contributed by atoms with Crippen LogP contribution in [0.3, 0.4) is 0 Å². The van der Waals surface area contributed by atoms with Crippen LogP contribution in [0.25, 0.3) is 0 Å². The molecule has 0 aliphatic heterocycles. The summed E-state index contributed by atoms with van der Waals surface area (Å²) in [5.41, 5.74) is 3.21. The van der Waals surface area contributed by atoms with E-state index in [4.69, 9.17) is 23.8 Å². The lowest BCUT2D eigenvalue weighted by Gasteiger charge is -2.11. The minimum absolute atomic E-state index is 0.554. The third-order valence-corrected chi connectivity index (χ3v) is 3.55. The Balaban J connectivity index is 1.90. The zero-order chi connectivity index (χ0) is 15.1. The number of thiocarbonyl (C=S) groups is 1. The van der Waals surface area contributed by atoms with Crippen molar-refractivity contribution in [3.05, 3.63) is 59.1 Å². The van der Waals surface area contributed by atoms with Crippen LogP contribution in [0.1, 0.15) is 25.3 Å². The topological polar surface area (TPSA) is 24.1 Å². The number of hydrogen-bond acceptors (Lipinski definition) is 1. The summed E-state index contributed by atoms with van der Waals surface area (Å²) in [6, 6.07) is 15.9. The molecule has 0 amide bonds. The van der Waals surface area contributed by atoms with Gasteiger partial charge in [-0.05, 0) is 61.0 Å². The van der Waals surface area contributed by atoms with Crippen LogP contribution in [-0.4, -0.2) is 5.11 Å². The summed E-state index contributed by atoms with van der Waals surface area (Å²) < 4.78 is 0. The fourth-order valence-corrected chi connectivity index (χ4v) is 2.42. The Kier molecular flexibility index (Phi) is 6.03. The highest BCUT2D eigenvalue weighted by molar-refractivity contribution is 7.80. The van der Waals surface area contributed by atoms with Crippen molar-refractivity contribution in [2.24, 2.45) is 0 Å². The van der Waals surface area contributed by atoms with Crippen LogP contribution in [0.2, 0.25) is 5.02 Å². The van der Waals surface area contributed by atoms with Gasteiger partial charge in [0.2, 0.25) is 0 Å².